The third kappa shape index (κ3) is 4.72. The summed E-state index contributed by atoms with van der Waals surface area (Å²) in [6.07, 6.45) is 5.63. The average Bonchev–Trinajstić information content (AvgIpc) is 3.12. The van der Waals surface area contributed by atoms with Gasteiger partial charge in [-0.25, -0.2) is 0 Å². The van der Waals surface area contributed by atoms with Crippen LogP contribution in [0.2, 0.25) is 5.02 Å². The molecule has 0 unspecified atom stereocenters. The number of hydrogen-bond donors (Lipinski definition) is 3. The minimum absolute atomic E-state index is 0.283. The largest absolute Gasteiger partial charge is 0.463 e. The number of rotatable bonds is 5. The summed E-state index contributed by atoms with van der Waals surface area (Å²) in [5.41, 5.74) is 0.928. The third-order valence-electron chi connectivity index (χ3n) is 4.44. The Morgan fingerprint density at radius 1 is 1.17 bits per heavy atom. The summed E-state index contributed by atoms with van der Waals surface area (Å²) >= 11 is 11.3. The van der Waals surface area contributed by atoms with Crippen LogP contribution >= 0.6 is 23.8 Å². The molecule has 3 N–H and O–H groups in total. The Labute approximate surface area is 153 Å². The monoisotopic (exact) mass is 364 g/mol. The fourth-order valence-corrected chi connectivity index (χ4v) is 3.52. The third-order valence-corrected chi connectivity index (χ3v) is 4.94. The molecular formula is C18H23ClN3OS+. The molecular weight excluding hydrogens is 342 g/mol. The lowest BCUT2D eigenvalue weighted by atomic mass is 10.1. The first kappa shape index (κ1) is 17.3. The molecule has 3 rings (SSSR count). The van der Waals surface area contributed by atoms with Crippen molar-refractivity contribution in [3.63, 3.8) is 0 Å². The Morgan fingerprint density at radius 2 is 1.92 bits per heavy atom. The second-order valence-electron chi connectivity index (χ2n) is 6.13. The van der Waals surface area contributed by atoms with Crippen LogP contribution in [-0.2, 0) is 0 Å². The van der Waals surface area contributed by atoms with Gasteiger partial charge in [0.05, 0.1) is 25.9 Å². The highest BCUT2D eigenvalue weighted by Gasteiger charge is 2.28. The van der Waals surface area contributed by atoms with Crippen molar-refractivity contribution >= 4 is 34.6 Å². The number of halogens is 1. The predicted octanol–water partition coefficient (Wildman–Crippen LogP) is 3.03. The zero-order valence-electron chi connectivity index (χ0n) is 13.6. The van der Waals surface area contributed by atoms with Gasteiger partial charge in [-0.1, -0.05) is 11.6 Å². The minimum atomic E-state index is 0.283. The molecule has 0 spiro atoms. The highest BCUT2D eigenvalue weighted by atomic mass is 35.5. The zero-order chi connectivity index (χ0) is 16.8. The molecule has 24 heavy (non-hydrogen) atoms. The lowest BCUT2D eigenvalue weighted by molar-refractivity contribution is -0.936. The summed E-state index contributed by atoms with van der Waals surface area (Å²) in [5.74, 6) is 1.02. The maximum Gasteiger partial charge on any atom is 0.171 e. The van der Waals surface area contributed by atoms with Crippen molar-refractivity contribution in [2.24, 2.45) is 0 Å². The van der Waals surface area contributed by atoms with Crippen molar-refractivity contribution in [1.29, 1.82) is 0 Å². The molecule has 1 aromatic carbocycles. The first-order chi connectivity index (χ1) is 11.7. The van der Waals surface area contributed by atoms with E-state index in [-0.39, 0.29) is 6.04 Å². The van der Waals surface area contributed by atoms with Crippen LogP contribution < -0.4 is 15.5 Å². The van der Waals surface area contributed by atoms with Crippen LogP contribution in [0, 0.1) is 0 Å². The molecule has 0 amide bonds. The van der Waals surface area contributed by atoms with E-state index in [0.29, 0.717) is 10.1 Å². The Kier molecular flexibility index (Phi) is 6.12. The lowest BCUT2D eigenvalue weighted by Crippen LogP contribution is -3.13. The highest BCUT2D eigenvalue weighted by molar-refractivity contribution is 7.80. The van der Waals surface area contributed by atoms with E-state index in [1.807, 2.05) is 30.3 Å². The van der Waals surface area contributed by atoms with Crippen molar-refractivity contribution in [2.45, 2.75) is 25.3 Å². The van der Waals surface area contributed by atoms with E-state index in [1.165, 1.54) is 32.4 Å². The summed E-state index contributed by atoms with van der Waals surface area (Å²) in [4.78, 5) is 1.57. The average molecular weight is 365 g/mol. The first-order valence-corrected chi connectivity index (χ1v) is 9.19. The summed E-state index contributed by atoms with van der Waals surface area (Å²) < 4.78 is 5.67. The first-order valence-electron chi connectivity index (χ1n) is 8.41. The van der Waals surface area contributed by atoms with E-state index < -0.39 is 0 Å². The molecule has 1 aliphatic rings. The molecule has 2 heterocycles. The summed E-state index contributed by atoms with van der Waals surface area (Å²) in [5, 5.41) is 7.86. The SMILES string of the molecule is S=C(NC[C@@H](c1ccco1)[NH+]1CCCCC1)Nc1ccc(Cl)cc1. The minimum Gasteiger partial charge on any atom is -0.463 e. The second kappa shape index (κ2) is 8.51. The molecule has 1 aliphatic heterocycles. The van der Waals surface area contributed by atoms with Gasteiger partial charge in [0.2, 0.25) is 0 Å². The highest BCUT2D eigenvalue weighted by Crippen LogP contribution is 2.14. The van der Waals surface area contributed by atoms with Gasteiger partial charge in [-0.2, -0.15) is 0 Å². The van der Waals surface area contributed by atoms with Crippen molar-refractivity contribution in [3.8, 4) is 0 Å². The van der Waals surface area contributed by atoms with Crippen molar-refractivity contribution in [1.82, 2.24) is 5.32 Å². The van der Waals surface area contributed by atoms with Gasteiger partial charge in [-0.05, 0) is 67.9 Å². The van der Waals surface area contributed by atoms with E-state index in [0.717, 1.165) is 18.0 Å². The number of piperidine rings is 1. The maximum absolute atomic E-state index is 5.90. The molecule has 4 nitrogen and oxygen atoms in total. The van der Waals surface area contributed by atoms with E-state index in [4.69, 9.17) is 28.2 Å². The molecule has 0 aliphatic carbocycles. The van der Waals surface area contributed by atoms with Gasteiger partial charge in [0, 0.05) is 10.7 Å². The fraction of sp³-hybridized carbons (Fsp3) is 0.389. The molecule has 1 atom stereocenters. The number of hydrogen-bond acceptors (Lipinski definition) is 2. The summed E-state index contributed by atoms with van der Waals surface area (Å²) in [7, 11) is 0. The van der Waals surface area contributed by atoms with Gasteiger partial charge in [0.25, 0.3) is 0 Å². The van der Waals surface area contributed by atoms with Gasteiger partial charge < -0.3 is 20.0 Å². The number of thiocarbonyl (C=S) groups is 1. The number of benzene rings is 1. The van der Waals surface area contributed by atoms with Crippen molar-refractivity contribution < 1.29 is 9.32 Å². The number of anilines is 1. The van der Waals surface area contributed by atoms with Gasteiger partial charge in [0.1, 0.15) is 0 Å². The molecule has 1 saturated heterocycles. The Balaban J connectivity index is 1.58. The van der Waals surface area contributed by atoms with Crippen molar-refractivity contribution in [3.05, 3.63) is 53.4 Å². The molecule has 0 bridgehead atoms. The summed E-state index contributed by atoms with van der Waals surface area (Å²) in [6.45, 7) is 3.12. The van der Waals surface area contributed by atoms with Gasteiger partial charge >= 0.3 is 0 Å². The van der Waals surface area contributed by atoms with Crippen LogP contribution in [0.15, 0.2) is 47.1 Å². The Hall–Kier alpha value is -1.56. The van der Waals surface area contributed by atoms with Crippen LogP contribution in [0.4, 0.5) is 5.69 Å². The van der Waals surface area contributed by atoms with Gasteiger partial charge in [-0.15, -0.1) is 0 Å². The maximum atomic E-state index is 5.90. The van der Waals surface area contributed by atoms with Crippen LogP contribution in [0.5, 0.6) is 0 Å². The predicted molar refractivity (Wildman–Crippen MR) is 102 cm³/mol. The zero-order valence-corrected chi connectivity index (χ0v) is 15.1. The number of likely N-dealkylation sites (tertiary alicyclic amines) is 1. The topological polar surface area (TPSA) is 41.6 Å². The van der Waals surface area contributed by atoms with Crippen LogP contribution in [0.1, 0.15) is 31.1 Å². The van der Waals surface area contributed by atoms with Crippen LogP contribution in [0.3, 0.4) is 0 Å². The van der Waals surface area contributed by atoms with E-state index in [9.17, 15) is 0 Å². The van der Waals surface area contributed by atoms with E-state index in [2.05, 4.69) is 16.7 Å². The number of nitrogens with one attached hydrogen (secondary N) is 3. The van der Waals surface area contributed by atoms with Crippen LogP contribution in [-0.4, -0.2) is 24.7 Å². The Bertz CT molecular complexity index is 639. The standard InChI is InChI=1S/C18H22ClN3OS/c19-14-6-8-15(9-7-14)21-18(24)20-13-16(17-5-4-12-23-17)22-10-2-1-3-11-22/h4-9,12,16H,1-3,10-11,13H2,(H2,20,21,24)/p+1/t16-/m0/s1. The van der Waals surface area contributed by atoms with Gasteiger partial charge in [-0.3, -0.25) is 0 Å². The Morgan fingerprint density at radius 3 is 2.58 bits per heavy atom. The van der Waals surface area contributed by atoms with Crippen LogP contribution in [0.25, 0.3) is 0 Å². The van der Waals surface area contributed by atoms with Gasteiger partial charge in [0.15, 0.2) is 16.9 Å². The smallest absolute Gasteiger partial charge is 0.171 e. The summed E-state index contributed by atoms with van der Waals surface area (Å²) in [6, 6.07) is 11.8. The van der Waals surface area contributed by atoms with Crippen molar-refractivity contribution in [2.75, 3.05) is 25.0 Å². The molecule has 1 aromatic heterocycles. The van der Waals surface area contributed by atoms with E-state index in [1.54, 1.807) is 11.2 Å². The molecule has 1 fully saturated rings. The quantitative estimate of drug-likeness (QED) is 0.713. The second-order valence-corrected chi connectivity index (χ2v) is 6.97. The number of quaternary nitrogens is 1. The molecule has 6 heteroatoms. The molecule has 2 aromatic rings. The van der Waals surface area contributed by atoms with E-state index >= 15 is 0 Å². The molecule has 0 radical (unpaired) electrons. The number of furan rings is 1. The molecule has 128 valence electrons. The fourth-order valence-electron chi connectivity index (χ4n) is 3.19. The molecule has 0 saturated carbocycles. The normalized spacial score (nSPS) is 16.5. The lowest BCUT2D eigenvalue weighted by Gasteiger charge is -2.30.